The van der Waals surface area contributed by atoms with Gasteiger partial charge in [-0.3, -0.25) is 4.79 Å². The van der Waals surface area contributed by atoms with Gasteiger partial charge in [0.1, 0.15) is 17.7 Å². The first-order chi connectivity index (χ1) is 12.1. The number of phenols is 1. The second-order valence-electron chi connectivity index (χ2n) is 6.53. The van der Waals surface area contributed by atoms with Gasteiger partial charge in [-0.15, -0.1) is 0 Å². The number of hydrogen-bond acceptors (Lipinski definition) is 5. The molecular weight excluding hydrogens is 468 g/mol. The second-order valence-corrected chi connectivity index (χ2v) is 8.24. The molecule has 0 spiro atoms. The molecule has 8 heteroatoms. The minimum atomic E-state index is -0.562. The van der Waals surface area contributed by atoms with Crippen LogP contribution in [0.15, 0.2) is 44.4 Å². The molecule has 0 fully saturated rings. The second kappa shape index (κ2) is 8.09. The Bertz CT molecular complexity index is 838. The molecule has 0 unspecified atom stereocenters. The molecule has 2 aromatic carbocycles. The van der Waals surface area contributed by atoms with Crippen LogP contribution in [0.3, 0.4) is 0 Å². The van der Waals surface area contributed by atoms with E-state index in [1.54, 1.807) is 30.3 Å². The molecule has 0 heterocycles. The molecule has 0 aliphatic rings. The number of nitrogens with zero attached hydrogens (tertiary/aromatic N) is 1. The van der Waals surface area contributed by atoms with Crippen molar-refractivity contribution in [2.45, 2.75) is 26.2 Å². The number of ether oxygens (including phenoxy) is 1. The van der Waals surface area contributed by atoms with Crippen LogP contribution in [0.25, 0.3) is 0 Å². The molecule has 2 rings (SSSR count). The molecule has 0 atom stereocenters. The van der Waals surface area contributed by atoms with Crippen LogP contribution in [0.5, 0.6) is 17.2 Å². The highest BCUT2D eigenvalue weighted by atomic mass is 79.9. The lowest BCUT2D eigenvalue weighted by Gasteiger charge is -2.21. The van der Waals surface area contributed by atoms with Crippen LogP contribution >= 0.6 is 31.9 Å². The van der Waals surface area contributed by atoms with E-state index in [-0.39, 0.29) is 11.2 Å². The van der Waals surface area contributed by atoms with Gasteiger partial charge in [-0.2, -0.15) is 0 Å². The van der Waals surface area contributed by atoms with E-state index in [2.05, 4.69) is 42.3 Å². The van der Waals surface area contributed by atoms with E-state index >= 15 is 0 Å². The zero-order valence-electron chi connectivity index (χ0n) is 14.4. The van der Waals surface area contributed by atoms with Crippen molar-refractivity contribution in [3.63, 3.8) is 0 Å². The molecule has 0 saturated heterocycles. The molecular formula is C18H18Br2N2O4. The fourth-order valence-corrected chi connectivity index (χ4v) is 3.60. The number of anilines is 1. The smallest absolute Gasteiger partial charge is 0.270 e. The Morgan fingerprint density at radius 1 is 1.19 bits per heavy atom. The van der Waals surface area contributed by atoms with Crippen molar-refractivity contribution in [1.29, 1.82) is 0 Å². The molecule has 0 aliphatic carbocycles. The van der Waals surface area contributed by atoms with Crippen LogP contribution in [0.2, 0.25) is 0 Å². The van der Waals surface area contributed by atoms with Gasteiger partial charge in [0.15, 0.2) is 5.75 Å². The predicted molar refractivity (Wildman–Crippen MR) is 108 cm³/mol. The van der Waals surface area contributed by atoms with Gasteiger partial charge in [0.2, 0.25) is 0 Å². The third-order valence-electron chi connectivity index (χ3n) is 3.44. The van der Waals surface area contributed by atoms with Crippen LogP contribution in [0, 0.1) is 0 Å². The molecule has 26 heavy (non-hydrogen) atoms. The number of nitrogens with one attached hydrogen (secondary N) is 1. The van der Waals surface area contributed by atoms with Gasteiger partial charge in [-0.1, -0.05) is 25.9 Å². The Hall–Kier alpha value is -2.06. The van der Waals surface area contributed by atoms with Gasteiger partial charge in [0.25, 0.3) is 5.91 Å². The fraction of sp³-hybridized carbons (Fsp3) is 0.222. The van der Waals surface area contributed by atoms with E-state index < -0.39 is 5.91 Å². The lowest BCUT2D eigenvalue weighted by molar-refractivity contribution is -0.110. The number of benzene rings is 2. The number of halogens is 2. The monoisotopic (exact) mass is 484 g/mol. The molecule has 0 aliphatic heterocycles. The van der Waals surface area contributed by atoms with Crippen LogP contribution < -0.4 is 10.1 Å². The molecule has 1 amide bonds. The van der Waals surface area contributed by atoms with Gasteiger partial charge in [0, 0.05) is 11.3 Å². The van der Waals surface area contributed by atoms with E-state index in [1.165, 1.54) is 0 Å². The van der Waals surface area contributed by atoms with Crippen molar-refractivity contribution in [1.82, 2.24) is 0 Å². The number of phenolic OH excluding ortho intramolecular Hbond substituents is 1. The largest absolute Gasteiger partial charge is 0.508 e. The predicted octanol–water partition coefficient (Wildman–Crippen LogP) is 5.41. The standard InChI is InChI=1S/C18H18Br2N2O4/c1-18(2,3)12-8-11(4-5-15(12)23)26-17-13(19)6-10(7-14(17)20)22-16(24)9-21-25/h4-9,23,25H,1-3H3,(H,22,24)/b21-9+. The number of oxime groups is 1. The van der Waals surface area contributed by atoms with E-state index in [0.29, 0.717) is 26.1 Å². The quantitative estimate of drug-likeness (QED) is 0.307. The van der Waals surface area contributed by atoms with Crippen molar-refractivity contribution in [2.24, 2.45) is 5.16 Å². The average molecular weight is 486 g/mol. The number of rotatable bonds is 4. The van der Waals surface area contributed by atoms with Gasteiger partial charge < -0.3 is 20.4 Å². The van der Waals surface area contributed by atoms with E-state index in [0.717, 1.165) is 11.8 Å². The minimum absolute atomic E-state index is 0.214. The number of aromatic hydroxyl groups is 1. The first kappa shape index (κ1) is 20.3. The van der Waals surface area contributed by atoms with Crippen molar-refractivity contribution in [2.75, 3.05) is 5.32 Å². The topological polar surface area (TPSA) is 91.2 Å². The summed E-state index contributed by atoms with van der Waals surface area (Å²) >= 11 is 6.84. The summed E-state index contributed by atoms with van der Waals surface area (Å²) in [5, 5.41) is 23.7. The molecule has 0 aromatic heterocycles. The number of carbonyl (C=O) groups excluding carboxylic acids is 1. The Balaban J connectivity index is 2.32. The number of hydrogen-bond donors (Lipinski definition) is 3. The molecule has 0 bridgehead atoms. The van der Waals surface area contributed by atoms with Crippen LogP contribution in [0.1, 0.15) is 26.3 Å². The van der Waals surface area contributed by atoms with Crippen LogP contribution in [-0.2, 0) is 10.2 Å². The maximum absolute atomic E-state index is 11.5. The minimum Gasteiger partial charge on any atom is -0.508 e. The summed E-state index contributed by atoms with van der Waals surface area (Å²) in [6.07, 6.45) is 0.761. The van der Waals surface area contributed by atoms with Crippen molar-refractivity contribution >= 4 is 49.7 Å². The molecule has 138 valence electrons. The first-order valence-corrected chi connectivity index (χ1v) is 9.19. The molecule has 2 aromatic rings. The Morgan fingerprint density at radius 3 is 2.35 bits per heavy atom. The van der Waals surface area contributed by atoms with Gasteiger partial charge in [-0.05, 0) is 67.6 Å². The summed E-state index contributed by atoms with van der Waals surface area (Å²) in [6, 6.07) is 8.39. The number of carbonyl (C=O) groups is 1. The summed E-state index contributed by atoms with van der Waals surface area (Å²) < 4.78 is 7.16. The Morgan fingerprint density at radius 2 is 1.81 bits per heavy atom. The average Bonchev–Trinajstić information content (AvgIpc) is 2.51. The van der Waals surface area contributed by atoms with Crippen molar-refractivity contribution in [3.8, 4) is 17.2 Å². The third-order valence-corrected chi connectivity index (χ3v) is 4.61. The fourth-order valence-electron chi connectivity index (χ4n) is 2.25. The Kier molecular flexibility index (Phi) is 6.30. The van der Waals surface area contributed by atoms with Gasteiger partial charge in [-0.25, -0.2) is 0 Å². The first-order valence-electron chi connectivity index (χ1n) is 7.60. The Labute approximate surface area is 168 Å². The molecule has 3 N–H and O–H groups in total. The van der Waals surface area contributed by atoms with Gasteiger partial charge >= 0.3 is 0 Å². The maximum atomic E-state index is 11.5. The highest BCUT2D eigenvalue weighted by molar-refractivity contribution is 9.11. The zero-order valence-corrected chi connectivity index (χ0v) is 17.6. The van der Waals surface area contributed by atoms with Crippen molar-refractivity contribution in [3.05, 3.63) is 44.8 Å². The summed E-state index contributed by atoms with van der Waals surface area (Å²) in [6.45, 7) is 6.01. The van der Waals surface area contributed by atoms with E-state index in [4.69, 9.17) is 9.94 Å². The third kappa shape index (κ3) is 4.98. The zero-order chi connectivity index (χ0) is 19.5. The summed E-state index contributed by atoms with van der Waals surface area (Å²) in [5.41, 5.74) is 1.02. The molecule has 0 radical (unpaired) electrons. The summed E-state index contributed by atoms with van der Waals surface area (Å²) in [5.74, 6) is 0.739. The lowest BCUT2D eigenvalue weighted by Crippen LogP contribution is -2.12. The summed E-state index contributed by atoms with van der Waals surface area (Å²) in [7, 11) is 0. The lowest BCUT2D eigenvalue weighted by atomic mass is 9.86. The van der Waals surface area contributed by atoms with E-state index in [9.17, 15) is 9.90 Å². The van der Waals surface area contributed by atoms with Crippen molar-refractivity contribution < 1.29 is 19.8 Å². The van der Waals surface area contributed by atoms with E-state index in [1.807, 2.05) is 20.8 Å². The highest BCUT2D eigenvalue weighted by Gasteiger charge is 2.20. The highest BCUT2D eigenvalue weighted by Crippen LogP contribution is 2.41. The van der Waals surface area contributed by atoms with Gasteiger partial charge in [0.05, 0.1) is 8.95 Å². The van der Waals surface area contributed by atoms with Crippen LogP contribution in [-0.4, -0.2) is 22.4 Å². The molecule has 0 saturated carbocycles. The normalized spacial score (nSPS) is 11.6. The SMILES string of the molecule is CC(C)(C)c1cc(Oc2c(Br)cc(NC(=O)/C=N/O)cc2Br)ccc1O. The summed E-state index contributed by atoms with van der Waals surface area (Å²) in [4.78, 5) is 11.5. The maximum Gasteiger partial charge on any atom is 0.270 e. The van der Waals surface area contributed by atoms with Crippen LogP contribution in [0.4, 0.5) is 5.69 Å². The molecule has 6 nitrogen and oxygen atoms in total. The number of amides is 1.